The maximum atomic E-state index is 10.8. The number of hydrogen-bond acceptors (Lipinski definition) is 3. The van der Waals surface area contributed by atoms with Gasteiger partial charge in [-0.05, 0) is 38.4 Å². The van der Waals surface area contributed by atoms with Crippen molar-refractivity contribution in [3.8, 4) is 0 Å². The Hall–Kier alpha value is -0.610. The summed E-state index contributed by atoms with van der Waals surface area (Å²) in [5, 5.41) is 12.2. The summed E-state index contributed by atoms with van der Waals surface area (Å²) >= 11 is 0. The average molecular weight is 228 g/mol. The van der Waals surface area contributed by atoms with Crippen LogP contribution in [0.1, 0.15) is 26.7 Å². The van der Waals surface area contributed by atoms with Gasteiger partial charge in [0.05, 0.1) is 5.92 Å². The molecule has 0 aliphatic carbocycles. The van der Waals surface area contributed by atoms with Gasteiger partial charge < -0.3 is 15.3 Å². The predicted octanol–water partition coefficient (Wildman–Crippen LogP) is 1.03. The van der Waals surface area contributed by atoms with Crippen molar-refractivity contribution in [2.45, 2.75) is 26.7 Å². The maximum Gasteiger partial charge on any atom is 0.307 e. The minimum atomic E-state index is -0.691. The predicted molar refractivity (Wildman–Crippen MR) is 64.5 cm³/mol. The van der Waals surface area contributed by atoms with E-state index in [2.05, 4.69) is 17.1 Å². The largest absolute Gasteiger partial charge is 0.481 e. The first kappa shape index (κ1) is 13.5. The monoisotopic (exact) mass is 228 g/mol. The summed E-state index contributed by atoms with van der Waals surface area (Å²) in [4.78, 5) is 13.1. The van der Waals surface area contributed by atoms with Crippen LogP contribution in [0.25, 0.3) is 0 Å². The molecule has 1 unspecified atom stereocenters. The van der Waals surface area contributed by atoms with E-state index in [1.807, 2.05) is 0 Å². The summed E-state index contributed by atoms with van der Waals surface area (Å²) in [6.45, 7) is 8.78. The van der Waals surface area contributed by atoms with Crippen LogP contribution in [0.15, 0.2) is 0 Å². The highest BCUT2D eigenvalue weighted by molar-refractivity contribution is 5.69. The number of hydrogen-bond donors (Lipinski definition) is 2. The summed E-state index contributed by atoms with van der Waals surface area (Å²) in [5.74, 6) is -0.215. The van der Waals surface area contributed by atoms with Crippen LogP contribution in [0.3, 0.4) is 0 Å². The molecule has 16 heavy (non-hydrogen) atoms. The Bertz CT molecular complexity index is 215. The molecule has 1 fully saturated rings. The summed E-state index contributed by atoms with van der Waals surface area (Å²) in [5.41, 5.74) is 0. The molecule has 1 aliphatic heterocycles. The molecule has 0 aromatic heterocycles. The van der Waals surface area contributed by atoms with Crippen LogP contribution < -0.4 is 5.32 Å². The Balaban J connectivity index is 2.32. The molecule has 4 heteroatoms. The highest BCUT2D eigenvalue weighted by atomic mass is 16.4. The fourth-order valence-electron chi connectivity index (χ4n) is 2.23. The Morgan fingerprint density at radius 3 is 2.62 bits per heavy atom. The standard InChI is InChI=1S/C12H24N2O2/c1-3-14(8-10(2)12(15)16)9-11-4-6-13-7-5-11/h10-11,13H,3-9H2,1-2H3,(H,15,16). The number of carboxylic acid groups (broad SMARTS) is 1. The second-order valence-corrected chi connectivity index (χ2v) is 4.78. The number of rotatable bonds is 6. The molecule has 1 rings (SSSR count). The van der Waals surface area contributed by atoms with Crippen LogP contribution in [-0.2, 0) is 4.79 Å². The van der Waals surface area contributed by atoms with Gasteiger partial charge in [-0.1, -0.05) is 13.8 Å². The number of carbonyl (C=O) groups is 1. The van der Waals surface area contributed by atoms with Crippen LogP contribution in [0.4, 0.5) is 0 Å². The van der Waals surface area contributed by atoms with E-state index < -0.39 is 5.97 Å². The summed E-state index contributed by atoms with van der Waals surface area (Å²) in [6, 6.07) is 0. The van der Waals surface area contributed by atoms with E-state index in [1.165, 1.54) is 12.8 Å². The van der Waals surface area contributed by atoms with Gasteiger partial charge in [-0.25, -0.2) is 0 Å². The van der Waals surface area contributed by atoms with Gasteiger partial charge in [-0.3, -0.25) is 4.79 Å². The minimum absolute atomic E-state index is 0.262. The SMILES string of the molecule is CCN(CC1CCNCC1)CC(C)C(=O)O. The Kier molecular flexibility index (Phi) is 5.77. The molecule has 0 aromatic carbocycles. The van der Waals surface area contributed by atoms with E-state index in [4.69, 9.17) is 5.11 Å². The molecular weight excluding hydrogens is 204 g/mol. The highest BCUT2D eigenvalue weighted by Gasteiger charge is 2.19. The fourth-order valence-corrected chi connectivity index (χ4v) is 2.23. The number of nitrogens with zero attached hydrogens (tertiary/aromatic N) is 1. The van der Waals surface area contributed by atoms with Gasteiger partial charge in [-0.15, -0.1) is 0 Å². The number of nitrogens with one attached hydrogen (secondary N) is 1. The van der Waals surface area contributed by atoms with Crippen molar-refractivity contribution in [2.24, 2.45) is 11.8 Å². The number of carboxylic acids is 1. The molecule has 4 nitrogen and oxygen atoms in total. The molecule has 1 aliphatic rings. The first-order valence-corrected chi connectivity index (χ1v) is 6.29. The lowest BCUT2D eigenvalue weighted by molar-refractivity contribution is -0.141. The summed E-state index contributed by atoms with van der Waals surface area (Å²) in [7, 11) is 0. The van der Waals surface area contributed by atoms with Crippen LogP contribution in [0, 0.1) is 11.8 Å². The Morgan fingerprint density at radius 1 is 1.50 bits per heavy atom. The molecule has 0 spiro atoms. The molecule has 2 N–H and O–H groups in total. The lowest BCUT2D eigenvalue weighted by atomic mass is 9.97. The summed E-state index contributed by atoms with van der Waals surface area (Å²) in [6.07, 6.45) is 2.44. The molecule has 1 atom stereocenters. The van der Waals surface area contributed by atoms with Crippen molar-refractivity contribution in [2.75, 3.05) is 32.7 Å². The lowest BCUT2D eigenvalue weighted by Crippen LogP contribution is -2.39. The Morgan fingerprint density at radius 2 is 2.12 bits per heavy atom. The van der Waals surface area contributed by atoms with Crippen LogP contribution in [0.2, 0.25) is 0 Å². The zero-order chi connectivity index (χ0) is 12.0. The number of aliphatic carboxylic acids is 1. The maximum absolute atomic E-state index is 10.8. The van der Waals surface area contributed by atoms with Crippen molar-refractivity contribution < 1.29 is 9.90 Å². The first-order valence-electron chi connectivity index (χ1n) is 6.29. The average Bonchev–Trinajstić information content (AvgIpc) is 2.29. The van der Waals surface area contributed by atoms with Crippen molar-refractivity contribution in [3.63, 3.8) is 0 Å². The minimum Gasteiger partial charge on any atom is -0.481 e. The van der Waals surface area contributed by atoms with Crippen molar-refractivity contribution in [1.29, 1.82) is 0 Å². The third-order valence-electron chi connectivity index (χ3n) is 3.38. The fraction of sp³-hybridized carbons (Fsp3) is 0.917. The molecule has 1 saturated heterocycles. The molecule has 0 aromatic rings. The van der Waals surface area contributed by atoms with Crippen LogP contribution in [-0.4, -0.2) is 48.7 Å². The second kappa shape index (κ2) is 6.86. The van der Waals surface area contributed by atoms with E-state index in [1.54, 1.807) is 6.92 Å². The normalized spacial score (nSPS) is 19.9. The Labute approximate surface area is 98.0 Å². The molecule has 0 bridgehead atoms. The second-order valence-electron chi connectivity index (χ2n) is 4.78. The third-order valence-corrected chi connectivity index (χ3v) is 3.38. The molecule has 94 valence electrons. The van der Waals surface area contributed by atoms with Crippen molar-refractivity contribution in [1.82, 2.24) is 10.2 Å². The topological polar surface area (TPSA) is 52.6 Å². The van der Waals surface area contributed by atoms with Crippen molar-refractivity contribution >= 4 is 5.97 Å². The zero-order valence-electron chi connectivity index (χ0n) is 10.4. The van der Waals surface area contributed by atoms with E-state index in [0.717, 1.165) is 32.1 Å². The van der Waals surface area contributed by atoms with E-state index in [9.17, 15) is 4.79 Å². The third kappa shape index (κ3) is 4.49. The number of piperidine rings is 1. The molecular formula is C12H24N2O2. The molecule has 0 saturated carbocycles. The quantitative estimate of drug-likeness (QED) is 0.713. The molecule has 0 amide bonds. The molecule has 1 heterocycles. The van der Waals surface area contributed by atoms with Gasteiger partial charge in [-0.2, -0.15) is 0 Å². The molecule has 0 radical (unpaired) electrons. The zero-order valence-corrected chi connectivity index (χ0v) is 10.4. The van der Waals surface area contributed by atoms with Gasteiger partial charge in [0, 0.05) is 13.1 Å². The van der Waals surface area contributed by atoms with E-state index >= 15 is 0 Å². The lowest BCUT2D eigenvalue weighted by Gasteiger charge is -2.30. The van der Waals surface area contributed by atoms with Gasteiger partial charge >= 0.3 is 5.97 Å². The van der Waals surface area contributed by atoms with Gasteiger partial charge in [0.1, 0.15) is 0 Å². The summed E-state index contributed by atoms with van der Waals surface area (Å²) < 4.78 is 0. The van der Waals surface area contributed by atoms with Gasteiger partial charge in [0.15, 0.2) is 0 Å². The van der Waals surface area contributed by atoms with Crippen LogP contribution >= 0.6 is 0 Å². The van der Waals surface area contributed by atoms with Gasteiger partial charge in [0.2, 0.25) is 0 Å². The highest BCUT2D eigenvalue weighted by Crippen LogP contribution is 2.14. The van der Waals surface area contributed by atoms with E-state index in [-0.39, 0.29) is 5.92 Å². The van der Waals surface area contributed by atoms with Crippen molar-refractivity contribution in [3.05, 3.63) is 0 Å². The first-order chi connectivity index (χ1) is 7.63. The van der Waals surface area contributed by atoms with E-state index in [0.29, 0.717) is 6.54 Å². The van der Waals surface area contributed by atoms with Crippen LogP contribution in [0.5, 0.6) is 0 Å². The smallest absolute Gasteiger partial charge is 0.307 e. The van der Waals surface area contributed by atoms with Gasteiger partial charge in [0.25, 0.3) is 0 Å².